The van der Waals surface area contributed by atoms with Gasteiger partial charge in [-0.2, -0.15) is 0 Å². The quantitative estimate of drug-likeness (QED) is 0.681. The molecule has 0 radical (unpaired) electrons. The average molecular weight is 433 g/mol. The summed E-state index contributed by atoms with van der Waals surface area (Å²) < 4.78 is 25.7. The maximum absolute atomic E-state index is 12.7. The van der Waals surface area contributed by atoms with Crippen LogP contribution in [-0.2, 0) is 14.8 Å². The summed E-state index contributed by atoms with van der Waals surface area (Å²) in [5, 5.41) is 3.28. The van der Waals surface area contributed by atoms with Crippen LogP contribution in [0, 0.1) is 0 Å². The minimum atomic E-state index is -3.79. The molecular weight excluding hydrogens is 415 g/mol. The Morgan fingerprint density at radius 3 is 2.46 bits per heavy atom. The number of nitrogens with zero attached hydrogens (tertiary/aromatic N) is 1. The SMILES string of the molecule is CSc1ccccc1NC(=O)C(C)N(c1cc(Cl)ccc1Cl)S(C)(=O)=O. The topological polar surface area (TPSA) is 66.5 Å². The van der Waals surface area contributed by atoms with Crippen molar-refractivity contribution in [3.8, 4) is 0 Å². The molecule has 0 saturated carbocycles. The van der Waals surface area contributed by atoms with Gasteiger partial charge in [-0.3, -0.25) is 9.10 Å². The Bertz CT molecular complexity index is 920. The van der Waals surface area contributed by atoms with Crippen LogP contribution in [0.3, 0.4) is 0 Å². The van der Waals surface area contributed by atoms with Crippen LogP contribution in [0.4, 0.5) is 11.4 Å². The molecule has 0 saturated heterocycles. The fourth-order valence-electron chi connectivity index (χ4n) is 2.42. The summed E-state index contributed by atoms with van der Waals surface area (Å²) in [7, 11) is -3.79. The molecule has 1 N–H and O–H groups in total. The van der Waals surface area contributed by atoms with E-state index in [0.29, 0.717) is 10.7 Å². The Hall–Kier alpha value is -1.41. The van der Waals surface area contributed by atoms with Gasteiger partial charge < -0.3 is 5.32 Å². The number of thioether (sulfide) groups is 1. The highest BCUT2D eigenvalue weighted by Gasteiger charge is 2.31. The van der Waals surface area contributed by atoms with Crippen LogP contribution < -0.4 is 9.62 Å². The first kappa shape index (κ1) is 20.9. The van der Waals surface area contributed by atoms with Crippen molar-refractivity contribution in [1.82, 2.24) is 0 Å². The molecule has 0 aliphatic rings. The van der Waals surface area contributed by atoms with E-state index in [1.54, 1.807) is 18.2 Å². The van der Waals surface area contributed by atoms with Gasteiger partial charge >= 0.3 is 0 Å². The van der Waals surface area contributed by atoms with Crippen LogP contribution in [0.5, 0.6) is 0 Å². The number of anilines is 2. The van der Waals surface area contributed by atoms with E-state index in [0.717, 1.165) is 15.5 Å². The molecule has 0 aromatic heterocycles. The van der Waals surface area contributed by atoms with Crippen LogP contribution >= 0.6 is 35.0 Å². The predicted molar refractivity (Wildman–Crippen MR) is 110 cm³/mol. The van der Waals surface area contributed by atoms with E-state index in [4.69, 9.17) is 23.2 Å². The van der Waals surface area contributed by atoms with E-state index in [-0.39, 0.29) is 10.7 Å². The minimum absolute atomic E-state index is 0.155. The maximum Gasteiger partial charge on any atom is 0.248 e. The van der Waals surface area contributed by atoms with Gasteiger partial charge in [0.1, 0.15) is 6.04 Å². The van der Waals surface area contributed by atoms with E-state index >= 15 is 0 Å². The van der Waals surface area contributed by atoms with Crippen LogP contribution in [0.2, 0.25) is 10.0 Å². The molecule has 0 fully saturated rings. The van der Waals surface area contributed by atoms with Gasteiger partial charge in [0.25, 0.3) is 0 Å². The van der Waals surface area contributed by atoms with E-state index in [1.807, 2.05) is 18.4 Å². The van der Waals surface area contributed by atoms with Gasteiger partial charge in [-0.05, 0) is 43.5 Å². The summed E-state index contributed by atoms with van der Waals surface area (Å²) in [6, 6.07) is 10.7. The van der Waals surface area contributed by atoms with Crippen LogP contribution in [-0.4, -0.2) is 32.9 Å². The number of hydrogen-bond acceptors (Lipinski definition) is 4. The number of sulfonamides is 1. The van der Waals surface area contributed by atoms with Crippen LogP contribution in [0.15, 0.2) is 47.4 Å². The van der Waals surface area contributed by atoms with Gasteiger partial charge in [0, 0.05) is 9.92 Å². The number of halogens is 2. The van der Waals surface area contributed by atoms with E-state index in [9.17, 15) is 13.2 Å². The van der Waals surface area contributed by atoms with Crippen molar-refractivity contribution in [2.45, 2.75) is 17.9 Å². The van der Waals surface area contributed by atoms with E-state index in [1.165, 1.54) is 30.8 Å². The molecule has 140 valence electrons. The molecule has 0 bridgehead atoms. The zero-order valence-corrected chi connectivity index (χ0v) is 17.5. The predicted octanol–water partition coefficient (Wildman–Crippen LogP) is 4.51. The number of carbonyl (C=O) groups is 1. The molecule has 0 spiro atoms. The third kappa shape index (κ3) is 4.85. The largest absolute Gasteiger partial charge is 0.323 e. The number of benzene rings is 2. The van der Waals surface area contributed by atoms with Crippen LogP contribution in [0.1, 0.15) is 6.92 Å². The van der Waals surface area contributed by atoms with Gasteiger partial charge in [-0.25, -0.2) is 8.42 Å². The lowest BCUT2D eigenvalue weighted by molar-refractivity contribution is -0.116. The van der Waals surface area contributed by atoms with Gasteiger partial charge in [-0.1, -0.05) is 35.3 Å². The Labute approximate surface area is 167 Å². The second-order valence-electron chi connectivity index (χ2n) is 5.52. The van der Waals surface area contributed by atoms with Crippen molar-refractivity contribution < 1.29 is 13.2 Å². The summed E-state index contributed by atoms with van der Waals surface area (Å²) in [5.41, 5.74) is 0.768. The van der Waals surface area contributed by atoms with Gasteiger partial charge in [0.15, 0.2) is 0 Å². The molecular formula is C17H18Cl2N2O3S2. The van der Waals surface area contributed by atoms with Gasteiger partial charge in [0.05, 0.1) is 22.7 Å². The van der Waals surface area contributed by atoms with E-state index < -0.39 is 22.0 Å². The summed E-state index contributed by atoms with van der Waals surface area (Å²) in [5.74, 6) is -0.479. The number of nitrogens with one attached hydrogen (secondary N) is 1. The van der Waals surface area contributed by atoms with Crippen molar-refractivity contribution in [2.75, 3.05) is 22.1 Å². The first-order chi connectivity index (χ1) is 12.1. The molecule has 1 atom stereocenters. The molecule has 1 unspecified atom stereocenters. The molecule has 0 aliphatic carbocycles. The lowest BCUT2D eigenvalue weighted by Crippen LogP contribution is -2.45. The lowest BCUT2D eigenvalue weighted by Gasteiger charge is -2.29. The summed E-state index contributed by atoms with van der Waals surface area (Å²) >= 11 is 13.6. The molecule has 9 heteroatoms. The lowest BCUT2D eigenvalue weighted by atomic mass is 10.2. The van der Waals surface area contributed by atoms with Gasteiger partial charge in [-0.15, -0.1) is 11.8 Å². The van der Waals surface area contributed by atoms with Crippen molar-refractivity contribution in [1.29, 1.82) is 0 Å². The molecule has 2 rings (SSSR count). The fraction of sp³-hybridized carbons (Fsp3) is 0.235. The highest BCUT2D eigenvalue weighted by atomic mass is 35.5. The van der Waals surface area contributed by atoms with Crippen molar-refractivity contribution >= 4 is 62.3 Å². The van der Waals surface area contributed by atoms with Crippen molar-refractivity contribution in [2.24, 2.45) is 0 Å². The Morgan fingerprint density at radius 1 is 1.19 bits per heavy atom. The standard InChI is InChI=1S/C17H18Cl2N2O3S2/c1-11(17(22)20-14-6-4-5-7-16(14)25-2)21(26(3,23)24)15-10-12(18)8-9-13(15)19/h4-11H,1-3H3,(H,20,22). The molecule has 2 aromatic rings. The Morgan fingerprint density at radius 2 is 1.85 bits per heavy atom. The van der Waals surface area contributed by atoms with Crippen molar-refractivity contribution in [3.63, 3.8) is 0 Å². The number of carbonyl (C=O) groups excluding carboxylic acids is 1. The minimum Gasteiger partial charge on any atom is -0.323 e. The molecule has 5 nitrogen and oxygen atoms in total. The third-order valence-electron chi connectivity index (χ3n) is 3.60. The smallest absolute Gasteiger partial charge is 0.248 e. The van der Waals surface area contributed by atoms with E-state index in [2.05, 4.69) is 5.32 Å². The summed E-state index contributed by atoms with van der Waals surface area (Å²) in [6.07, 6.45) is 2.91. The highest BCUT2D eigenvalue weighted by molar-refractivity contribution is 7.98. The molecule has 1 amide bonds. The highest BCUT2D eigenvalue weighted by Crippen LogP contribution is 2.33. The zero-order valence-electron chi connectivity index (χ0n) is 14.4. The summed E-state index contributed by atoms with van der Waals surface area (Å²) in [6.45, 7) is 1.50. The second-order valence-corrected chi connectivity index (χ2v) is 9.07. The fourth-order valence-corrected chi connectivity index (χ4v) is 4.58. The second kappa shape index (κ2) is 8.52. The van der Waals surface area contributed by atoms with Crippen LogP contribution in [0.25, 0.3) is 0 Å². The molecule has 0 aliphatic heterocycles. The number of rotatable bonds is 6. The maximum atomic E-state index is 12.7. The number of para-hydroxylation sites is 1. The molecule has 2 aromatic carbocycles. The zero-order chi connectivity index (χ0) is 19.5. The first-order valence-corrected chi connectivity index (χ1v) is 11.4. The van der Waals surface area contributed by atoms with Crippen molar-refractivity contribution in [3.05, 3.63) is 52.5 Å². The molecule has 0 heterocycles. The summed E-state index contributed by atoms with van der Waals surface area (Å²) in [4.78, 5) is 13.6. The average Bonchev–Trinajstić information content (AvgIpc) is 2.57. The van der Waals surface area contributed by atoms with Gasteiger partial charge in [0.2, 0.25) is 15.9 Å². The third-order valence-corrected chi connectivity index (χ3v) is 6.18. The Balaban J connectivity index is 2.40. The normalized spacial score (nSPS) is 12.5. The monoisotopic (exact) mass is 432 g/mol. The molecule has 26 heavy (non-hydrogen) atoms. The number of amides is 1. The first-order valence-electron chi connectivity index (χ1n) is 7.53. The Kier molecular flexibility index (Phi) is 6.85. The number of hydrogen-bond donors (Lipinski definition) is 1.